The number of carbonyl (C=O) groups excluding carboxylic acids is 1. The fraction of sp³-hybridized carbons (Fsp3) is 0.727. The van der Waals surface area contributed by atoms with E-state index in [1.165, 1.54) is 12.8 Å². The van der Waals surface area contributed by atoms with Gasteiger partial charge in [-0.15, -0.1) is 5.10 Å². The molecule has 2 heterocycles. The van der Waals surface area contributed by atoms with Gasteiger partial charge < -0.3 is 10.6 Å². The van der Waals surface area contributed by atoms with Gasteiger partial charge in [-0.3, -0.25) is 9.48 Å². The number of hydrogen-bond donors (Lipinski definition) is 2. The van der Waals surface area contributed by atoms with Crippen LogP contribution < -0.4 is 10.6 Å². The first-order valence-electron chi connectivity index (χ1n) is 6.19. The van der Waals surface area contributed by atoms with Crippen molar-refractivity contribution in [1.29, 1.82) is 0 Å². The summed E-state index contributed by atoms with van der Waals surface area (Å²) in [6.07, 6.45) is 7.56. The molecule has 0 saturated carbocycles. The van der Waals surface area contributed by atoms with Crippen molar-refractivity contribution in [3.63, 3.8) is 0 Å². The molecule has 1 atom stereocenters. The van der Waals surface area contributed by atoms with E-state index in [1.54, 1.807) is 17.1 Å². The molecule has 0 aromatic carbocycles. The van der Waals surface area contributed by atoms with Gasteiger partial charge in [0.2, 0.25) is 5.91 Å². The molecule has 1 aromatic heterocycles. The first kappa shape index (κ1) is 12.0. The number of amides is 1. The predicted octanol–water partition coefficient (Wildman–Crippen LogP) is -0.0735. The fourth-order valence-electron chi connectivity index (χ4n) is 2.06. The Morgan fingerprint density at radius 1 is 1.53 bits per heavy atom. The maximum Gasteiger partial charge on any atom is 0.221 e. The molecule has 17 heavy (non-hydrogen) atoms. The van der Waals surface area contributed by atoms with Gasteiger partial charge >= 0.3 is 0 Å². The molecule has 1 amide bonds. The second-order valence-electron chi connectivity index (χ2n) is 4.37. The van der Waals surface area contributed by atoms with E-state index in [1.807, 2.05) is 0 Å². The second kappa shape index (κ2) is 6.34. The van der Waals surface area contributed by atoms with Crippen molar-refractivity contribution in [2.24, 2.45) is 0 Å². The third kappa shape index (κ3) is 4.14. The first-order chi connectivity index (χ1) is 8.34. The summed E-state index contributed by atoms with van der Waals surface area (Å²) in [6, 6.07) is 0.357. The third-order valence-corrected chi connectivity index (χ3v) is 2.98. The highest BCUT2D eigenvalue weighted by atomic mass is 16.1. The Morgan fingerprint density at radius 3 is 3.18 bits per heavy atom. The molecule has 0 aliphatic carbocycles. The zero-order chi connectivity index (χ0) is 11.9. The van der Waals surface area contributed by atoms with Gasteiger partial charge in [0.05, 0.1) is 12.7 Å². The average molecular weight is 237 g/mol. The highest BCUT2D eigenvalue weighted by molar-refractivity contribution is 5.76. The fourth-order valence-corrected chi connectivity index (χ4v) is 2.06. The Balaban J connectivity index is 1.60. The van der Waals surface area contributed by atoms with Crippen molar-refractivity contribution in [2.45, 2.75) is 38.3 Å². The van der Waals surface area contributed by atoms with E-state index in [0.717, 1.165) is 13.0 Å². The highest BCUT2D eigenvalue weighted by Gasteiger charge is 2.15. The molecule has 2 N–H and O–H groups in total. The van der Waals surface area contributed by atoms with E-state index in [4.69, 9.17) is 0 Å². The van der Waals surface area contributed by atoms with Gasteiger partial charge in [0, 0.05) is 25.2 Å². The number of aromatic nitrogens is 3. The first-order valence-corrected chi connectivity index (χ1v) is 6.19. The van der Waals surface area contributed by atoms with Crippen LogP contribution in [0.4, 0.5) is 0 Å². The van der Waals surface area contributed by atoms with E-state index in [2.05, 4.69) is 20.9 Å². The summed E-state index contributed by atoms with van der Waals surface area (Å²) >= 11 is 0. The molecule has 1 unspecified atom stereocenters. The molecule has 0 spiro atoms. The minimum atomic E-state index is 0.115. The Labute approximate surface area is 101 Å². The molecule has 6 nitrogen and oxygen atoms in total. The van der Waals surface area contributed by atoms with Crippen molar-refractivity contribution in [3.8, 4) is 0 Å². The van der Waals surface area contributed by atoms with Crippen LogP contribution in [0.5, 0.6) is 0 Å². The van der Waals surface area contributed by atoms with Crippen LogP contribution in [0.1, 0.15) is 25.7 Å². The van der Waals surface area contributed by atoms with Crippen molar-refractivity contribution in [3.05, 3.63) is 12.4 Å². The summed E-state index contributed by atoms with van der Waals surface area (Å²) < 4.78 is 1.71. The Bertz CT molecular complexity index is 332. The number of nitrogens with one attached hydrogen (secondary N) is 2. The van der Waals surface area contributed by atoms with Crippen LogP contribution in [0.3, 0.4) is 0 Å². The molecular weight excluding hydrogens is 218 g/mol. The van der Waals surface area contributed by atoms with Crippen LogP contribution in [0.15, 0.2) is 12.4 Å². The summed E-state index contributed by atoms with van der Waals surface area (Å²) in [6.45, 7) is 2.32. The van der Waals surface area contributed by atoms with Crippen LogP contribution in [-0.2, 0) is 11.3 Å². The van der Waals surface area contributed by atoms with Gasteiger partial charge in [0.15, 0.2) is 0 Å². The van der Waals surface area contributed by atoms with Gasteiger partial charge in [-0.2, -0.15) is 0 Å². The summed E-state index contributed by atoms with van der Waals surface area (Å²) in [5.41, 5.74) is 0. The predicted molar refractivity (Wildman–Crippen MR) is 63.3 cm³/mol. The zero-order valence-corrected chi connectivity index (χ0v) is 9.93. The highest BCUT2D eigenvalue weighted by Crippen LogP contribution is 2.09. The Hall–Kier alpha value is -1.43. The minimum Gasteiger partial charge on any atom is -0.354 e. The normalized spacial score (nSPS) is 20.1. The van der Waals surface area contributed by atoms with Crippen molar-refractivity contribution >= 4 is 5.91 Å². The van der Waals surface area contributed by atoms with Gasteiger partial charge in [0.25, 0.3) is 0 Å². The molecule has 1 aliphatic heterocycles. The molecule has 1 fully saturated rings. The average Bonchev–Trinajstić information content (AvgIpc) is 2.83. The number of hydrogen-bond acceptors (Lipinski definition) is 4. The molecule has 0 radical (unpaired) electrons. The van der Waals surface area contributed by atoms with Gasteiger partial charge in [-0.25, -0.2) is 0 Å². The molecular formula is C11H19N5O. The quantitative estimate of drug-likeness (QED) is 0.752. The van der Waals surface area contributed by atoms with Crippen LogP contribution in [0.25, 0.3) is 0 Å². The third-order valence-electron chi connectivity index (χ3n) is 2.98. The van der Waals surface area contributed by atoms with Gasteiger partial charge in [-0.1, -0.05) is 11.6 Å². The molecule has 1 aromatic rings. The smallest absolute Gasteiger partial charge is 0.221 e. The summed E-state index contributed by atoms with van der Waals surface area (Å²) in [4.78, 5) is 11.6. The summed E-state index contributed by atoms with van der Waals surface area (Å²) in [5.74, 6) is 0.115. The zero-order valence-electron chi connectivity index (χ0n) is 9.93. The lowest BCUT2D eigenvalue weighted by atomic mass is 10.0. The maximum absolute atomic E-state index is 11.6. The standard InChI is InChI=1S/C11H19N5O/c17-11(9-10-3-1-2-4-12-10)13-5-7-16-8-6-14-15-16/h6,8,10,12H,1-5,7,9H2,(H,13,17). The summed E-state index contributed by atoms with van der Waals surface area (Å²) in [7, 11) is 0. The van der Waals surface area contributed by atoms with E-state index in [0.29, 0.717) is 25.6 Å². The minimum absolute atomic E-state index is 0.115. The van der Waals surface area contributed by atoms with Crippen LogP contribution in [0.2, 0.25) is 0 Å². The molecule has 2 rings (SSSR count). The SMILES string of the molecule is O=C(CC1CCCCN1)NCCn1ccnn1. The molecule has 6 heteroatoms. The van der Waals surface area contributed by atoms with E-state index in [9.17, 15) is 4.79 Å². The van der Waals surface area contributed by atoms with E-state index < -0.39 is 0 Å². The monoisotopic (exact) mass is 237 g/mol. The Morgan fingerprint density at radius 2 is 2.47 bits per heavy atom. The summed E-state index contributed by atoms with van der Waals surface area (Å²) in [5, 5.41) is 13.8. The molecule has 1 aliphatic rings. The topological polar surface area (TPSA) is 71.8 Å². The Kier molecular flexibility index (Phi) is 4.49. The molecule has 94 valence electrons. The van der Waals surface area contributed by atoms with Gasteiger partial charge in [-0.05, 0) is 19.4 Å². The number of nitrogens with zero attached hydrogens (tertiary/aromatic N) is 3. The van der Waals surface area contributed by atoms with Crippen LogP contribution in [-0.4, -0.2) is 40.0 Å². The largest absolute Gasteiger partial charge is 0.354 e. The number of rotatable bonds is 5. The van der Waals surface area contributed by atoms with Crippen molar-refractivity contribution in [2.75, 3.05) is 13.1 Å². The van der Waals surface area contributed by atoms with Crippen molar-refractivity contribution in [1.82, 2.24) is 25.6 Å². The number of carbonyl (C=O) groups is 1. The lowest BCUT2D eigenvalue weighted by Crippen LogP contribution is -2.39. The van der Waals surface area contributed by atoms with E-state index in [-0.39, 0.29) is 5.91 Å². The van der Waals surface area contributed by atoms with Crippen LogP contribution >= 0.6 is 0 Å². The van der Waals surface area contributed by atoms with Crippen molar-refractivity contribution < 1.29 is 4.79 Å². The van der Waals surface area contributed by atoms with Gasteiger partial charge in [0.1, 0.15) is 0 Å². The maximum atomic E-state index is 11.6. The molecule has 0 bridgehead atoms. The van der Waals surface area contributed by atoms with E-state index >= 15 is 0 Å². The number of piperidine rings is 1. The molecule has 1 saturated heterocycles. The van der Waals surface area contributed by atoms with Crippen LogP contribution in [0, 0.1) is 0 Å². The lowest BCUT2D eigenvalue weighted by Gasteiger charge is -2.22. The second-order valence-corrected chi connectivity index (χ2v) is 4.37. The lowest BCUT2D eigenvalue weighted by molar-refractivity contribution is -0.121.